The molecule has 4 N–H and O–H groups in total. The molecule has 0 aliphatic carbocycles. The van der Waals surface area contributed by atoms with Crippen molar-refractivity contribution < 1.29 is 39.1 Å². The highest BCUT2D eigenvalue weighted by molar-refractivity contribution is 6.47. The summed E-state index contributed by atoms with van der Waals surface area (Å²) in [6.45, 7) is 3.91. The maximum atomic E-state index is 13.6. The summed E-state index contributed by atoms with van der Waals surface area (Å²) in [5, 5.41) is 32.7. The lowest BCUT2D eigenvalue weighted by Gasteiger charge is -2.33. The average molecular weight is 544 g/mol. The van der Waals surface area contributed by atoms with Crippen molar-refractivity contribution >= 4 is 42.3 Å². The van der Waals surface area contributed by atoms with Crippen LogP contribution in [-0.2, 0) is 20.8 Å². The maximum absolute atomic E-state index is 13.6. The lowest BCUT2D eigenvalue weighted by atomic mass is 9.64. The molecular weight excluding hydrogens is 517 g/mol. The molecular formula is C25H27BClN3O8. The van der Waals surface area contributed by atoms with E-state index in [1.54, 1.807) is 6.92 Å². The fourth-order valence-electron chi connectivity index (χ4n) is 4.69. The molecule has 0 bridgehead atoms. The number of urea groups is 1. The highest BCUT2D eigenvalue weighted by Crippen LogP contribution is 2.40. The van der Waals surface area contributed by atoms with Gasteiger partial charge in [0.1, 0.15) is 11.8 Å². The van der Waals surface area contributed by atoms with Crippen LogP contribution in [-0.4, -0.2) is 75.4 Å². The number of nitrogens with one attached hydrogen (secondary N) is 1. The van der Waals surface area contributed by atoms with Crippen LogP contribution < -0.4 is 9.97 Å². The van der Waals surface area contributed by atoms with Crippen LogP contribution in [0.4, 0.5) is 4.79 Å². The van der Waals surface area contributed by atoms with Crippen molar-refractivity contribution in [3.8, 4) is 17.2 Å². The average Bonchev–Trinajstić information content (AvgIpc) is 2.89. The van der Waals surface area contributed by atoms with E-state index >= 15 is 0 Å². The summed E-state index contributed by atoms with van der Waals surface area (Å²) in [7, 11) is -1.30. The second kappa shape index (κ2) is 10.9. The number of piperazine rings is 1. The van der Waals surface area contributed by atoms with Gasteiger partial charge in [-0.25, -0.2) is 4.79 Å². The Kier molecular flexibility index (Phi) is 7.84. The van der Waals surface area contributed by atoms with Crippen LogP contribution in [0.25, 0.3) is 0 Å². The smallest absolute Gasteiger partial charge is 0.526 e. The van der Waals surface area contributed by atoms with Gasteiger partial charge in [-0.15, -0.1) is 0 Å². The molecule has 2 atom stereocenters. The Balaban J connectivity index is 1.60. The van der Waals surface area contributed by atoms with Crippen molar-refractivity contribution in [2.75, 3.05) is 19.6 Å². The number of aryl methyl sites for hydroxylation is 1. The fourth-order valence-corrected chi connectivity index (χ4v) is 4.96. The molecule has 2 aliphatic rings. The minimum atomic E-state index is -1.47. The van der Waals surface area contributed by atoms with Gasteiger partial charge in [-0.3, -0.25) is 19.3 Å². The summed E-state index contributed by atoms with van der Waals surface area (Å²) in [4.78, 5) is 53.5. The summed E-state index contributed by atoms with van der Waals surface area (Å²) in [5.74, 6) is -3.81. The second-order valence-corrected chi connectivity index (χ2v) is 9.64. The van der Waals surface area contributed by atoms with Crippen LogP contribution in [0.3, 0.4) is 0 Å². The standard InChI is InChI=1S/C25H27BClN3O8/c1-3-29-9-10-30(24(35)23(29)34)25(36)28-20(16-7-8-17(31)21(33)19(16)27)18(32)12-15-11-14-6-4-5-13(2)22(14)38-26(15)37/h4-8,15,20,31,33,37H,3,9-12H2,1-2H3,(H,28,36)/t15-,20-/m1/s1. The largest absolute Gasteiger partial charge is 0.536 e. The number of phenolic OH excluding ortho intramolecular Hbond substituents is 2. The van der Waals surface area contributed by atoms with E-state index in [-0.39, 0.29) is 30.1 Å². The number of phenols is 2. The molecule has 1 fully saturated rings. The number of Topliss-reactive ketones (excluding diaryl/α,β-unsaturated/α-hetero) is 1. The molecule has 0 spiro atoms. The fraction of sp³-hybridized carbons (Fsp3) is 0.360. The molecule has 4 amide bonds. The molecule has 2 aromatic carbocycles. The van der Waals surface area contributed by atoms with Gasteiger partial charge in [-0.1, -0.05) is 35.9 Å². The van der Waals surface area contributed by atoms with Crippen LogP contribution in [0.2, 0.25) is 10.8 Å². The number of halogens is 1. The molecule has 2 aromatic rings. The first-order valence-corrected chi connectivity index (χ1v) is 12.5. The quantitative estimate of drug-likeness (QED) is 0.245. The molecule has 2 aliphatic heterocycles. The Bertz CT molecular complexity index is 1310. The van der Waals surface area contributed by atoms with E-state index in [0.29, 0.717) is 23.6 Å². The van der Waals surface area contributed by atoms with E-state index < -0.39 is 54.1 Å². The number of carbonyl (C=O) groups excluding carboxylic acids is 4. The molecule has 13 heteroatoms. The number of fused-ring (bicyclic) bond motifs is 1. The van der Waals surface area contributed by atoms with Gasteiger partial charge in [-0.05, 0) is 37.5 Å². The number of nitrogens with zero attached hydrogens (tertiary/aromatic N) is 2. The molecule has 38 heavy (non-hydrogen) atoms. The predicted octanol–water partition coefficient (Wildman–Crippen LogP) is 1.95. The number of imide groups is 1. The third kappa shape index (κ3) is 5.14. The van der Waals surface area contributed by atoms with Gasteiger partial charge in [0.25, 0.3) is 0 Å². The third-order valence-electron chi connectivity index (χ3n) is 6.84. The van der Waals surface area contributed by atoms with Crippen LogP contribution in [0.15, 0.2) is 30.3 Å². The Morgan fingerprint density at radius 1 is 1.18 bits per heavy atom. The molecule has 1 saturated heterocycles. The number of hydrogen-bond donors (Lipinski definition) is 4. The van der Waals surface area contributed by atoms with Crippen LogP contribution in [0.5, 0.6) is 17.2 Å². The van der Waals surface area contributed by atoms with Crippen molar-refractivity contribution in [2.24, 2.45) is 0 Å². The summed E-state index contributed by atoms with van der Waals surface area (Å²) >= 11 is 6.22. The third-order valence-corrected chi connectivity index (χ3v) is 7.24. The molecule has 4 rings (SSSR count). The van der Waals surface area contributed by atoms with Gasteiger partial charge in [0.2, 0.25) is 0 Å². The van der Waals surface area contributed by atoms with Crippen LogP contribution in [0.1, 0.15) is 36.1 Å². The Morgan fingerprint density at radius 3 is 2.63 bits per heavy atom. The topological polar surface area (TPSA) is 157 Å². The van der Waals surface area contributed by atoms with Crippen molar-refractivity contribution in [3.63, 3.8) is 0 Å². The first-order valence-electron chi connectivity index (χ1n) is 12.1. The van der Waals surface area contributed by atoms with Gasteiger partial charge < -0.3 is 30.1 Å². The minimum Gasteiger partial charge on any atom is -0.536 e. The Hall–Kier alpha value is -3.77. The van der Waals surface area contributed by atoms with Gasteiger partial charge in [-0.2, -0.15) is 0 Å². The Morgan fingerprint density at radius 2 is 1.92 bits per heavy atom. The number of ketones is 1. The summed E-state index contributed by atoms with van der Waals surface area (Å²) in [6, 6.07) is 5.41. The van der Waals surface area contributed by atoms with Gasteiger partial charge in [0, 0.05) is 37.4 Å². The molecule has 11 nitrogen and oxygen atoms in total. The molecule has 0 radical (unpaired) electrons. The SMILES string of the molecule is CCN1CCN(C(=O)N[C@@H](C(=O)C[C@H]2Cc3cccc(C)c3OB2O)c2ccc(O)c(O)c2Cl)C(=O)C1=O. The zero-order valence-corrected chi connectivity index (χ0v) is 21.6. The van der Waals surface area contributed by atoms with Crippen LogP contribution in [0, 0.1) is 6.92 Å². The summed E-state index contributed by atoms with van der Waals surface area (Å²) in [5.41, 5.74) is 1.62. The lowest BCUT2D eigenvalue weighted by molar-refractivity contribution is -0.153. The highest BCUT2D eigenvalue weighted by atomic mass is 35.5. The molecule has 0 saturated carbocycles. The van der Waals surface area contributed by atoms with E-state index in [9.17, 15) is 34.4 Å². The molecule has 0 unspecified atom stereocenters. The van der Waals surface area contributed by atoms with Crippen molar-refractivity contribution in [2.45, 2.75) is 38.5 Å². The van der Waals surface area contributed by atoms with Crippen molar-refractivity contribution in [3.05, 3.63) is 52.0 Å². The monoisotopic (exact) mass is 543 g/mol. The number of amides is 4. The number of rotatable bonds is 6. The Labute approximate surface area is 224 Å². The van der Waals surface area contributed by atoms with Crippen LogP contribution >= 0.6 is 11.6 Å². The second-order valence-electron chi connectivity index (χ2n) is 9.27. The summed E-state index contributed by atoms with van der Waals surface area (Å²) < 4.78 is 5.66. The number of likely N-dealkylation sites (N-methyl/N-ethyl adjacent to an activating group) is 1. The number of carbonyl (C=O) groups is 4. The normalized spacial score (nSPS) is 18.1. The lowest BCUT2D eigenvalue weighted by Crippen LogP contribution is -2.58. The van der Waals surface area contributed by atoms with E-state index in [1.807, 2.05) is 25.1 Å². The van der Waals surface area contributed by atoms with E-state index in [4.69, 9.17) is 16.3 Å². The van der Waals surface area contributed by atoms with E-state index in [0.717, 1.165) is 17.2 Å². The van der Waals surface area contributed by atoms with Gasteiger partial charge >= 0.3 is 25.0 Å². The first kappa shape index (κ1) is 27.3. The number of benzene rings is 2. The predicted molar refractivity (Wildman–Crippen MR) is 137 cm³/mol. The molecule has 200 valence electrons. The number of para-hydroxylation sites is 1. The zero-order chi connectivity index (χ0) is 27.7. The number of aromatic hydroxyl groups is 2. The first-order chi connectivity index (χ1) is 18.0. The van der Waals surface area contributed by atoms with Crippen molar-refractivity contribution in [1.29, 1.82) is 0 Å². The maximum Gasteiger partial charge on any atom is 0.526 e. The zero-order valence-electron chi connectivity index (χ0n) is 20.8. The number of hydrogen-bond acceptors (Lipinski definition) is 8. The highest BCUT2D eigenvalue weighted by Gasteiger charge is 2.41. The summed E-state index contributed by atoms with van der Waals surface area (Å²) in [6.07, 6.45) is 0.0685. The molecule has 0 aromatic heterocycles. The van der Waals surface area contributed by atoms with Crippen molar-refractivity contribution in [1.82, 2.24) is 15.1 Å². The molecule has 2 heterocycles. The van der Waals surface area contributed by atoms with E-state index in [1.165, 1.54) is 11.0 Å². The van der Waals surface area contributed by atoms with Gasteiger partial charge in [0.05, 0.1) is 5.02 Å². The van der Waals surface area contributed by atoms with E-state index in [2.05, 4.69) is 5.32 Å². The van der Waals surface area contributed by atoms with Gasteiger partial charge in [0.15, 0.2) is 17.3 Å². The minimum absolute atomic E-state index is 0.0336.